The molecule has 0 aliphatic heterocycles. The van der Waals surface area contributed by atoms with Gasteiger partial charge in [0, 0.05) is 18.2 Å². The number of carbonyl (C=O) groups excluding carboxylic acids is 2. The Morgan fingerprint density at radius 1 is 1.08 bits per heavy atom. The van der Waals surface area contributed by atoms with Crippen molar-refractivity contribution in [1.29, 1.82) is 0 Å². The maximum absolute atomic E-state index is 12.4. The third-order valence-electron chi connectivity index (χ3n) is 3.86. The first-order chi connectivity index (χ1) is 12.5. The van der Waals surface area contributed by atoms with E-state index < -0.39 is 0 Å². The number of benzene rings is 2. The van der Waals surface area contributed by atoms with Crippen LogP contribution in [0.3, 0.4) is 0 Å². The highest BCUT2D eigenvalue weighted by Crippen LogP contribution is 2.29. The summed E-state index contributed by atoms with van der Waals surface area (Å²) < 4.78 is 5.33. The third kappa shape index (κ3) is 5.49. The zero-order valence-electron chi connectivity index (χ0n) is 15.0. The van der Waals surface area contributed by atoms with Crippen LogP contribution in [0.15, 0.2) is 42.5 Å². The summed E-state index contributed by atoms with van der Waals surface area (Å²) in [5, 5.41) is 6.00. The van der Waals surface area contributed by atoms with Gasteiger partial charge in [0.1, 0.15) is 5.75 Å². The number of ether oxygens (including phenoxy) is 1. The number of anilines is 2. The second-order valence-corrected chi connectivity index (χ2v) is 6.26. The predicted octanol–water partition coefficient (Wildman–Crippen LogP) is 5.12. The van der Waals surface area contributed by atoms with Crippen LogP contribution in [0.25, 0.3) is 0 Å². The summed E-state index contributed by atoms with van der Waals surface area (Å²) in [6.07, 6.45) is 3.46. The highest BCUT2D eigenvalue weighted by Gasteiger charge is 2.13. The van der Waals surface area contributed by atoms with Gasteiger partial charge in [-0.3, -0.25) is 9.59 Å². The number of nitrogens with one attached hydrogen (secondary N) is 2. The second kappa shape index (κ2) is 9.82. The minimum Gasteiger partial charge on any atom is -0.494 e. The van der Waals surface area contributed by atoms with E-state index in [9.17, 15) is 9.59 Å². The highest BCUT2D eigenvalue weighted by molar-refractivity contribution is 6.34. The van der Waals surface area contributed by atoms with E-state index in [-0.39, 0.29) is 11.8 Å². The Hall–Kier alpha value is -2.53. The Kier molecular flexibility index (Phi) is 7.48. The maximum Gasteiger partial charge on any atom is 0.257 e. The van der Waals surface area contributed by atoms with Crippen molar-refractivity contribution in [3.05, 3.63) is 53.1 Å². The Balaban J connectivity index is 2.07. The van der Waals surface area contributed by atoms with E-state index in [1.165, 1.54) is 7.11 Å². The minimum atomic E-state index is -0.328. The van der Waals surface area contributed by atoms with Crippen LogP contribution in [0.5, 0.6) is 5.75 Å². The van der Waals surface area contributed by atoms with Crippen LogP contribution < -0.4 is 15.4 Å². The molecule has 138 valence electrons. The first-order valence-electron chi connectivity index (χ1n) is 8.59. The van der Waals surface area contributed by atoms with Crippen molar-refractivity contribution in [1.82, 2.24) is 0 Å². The SMILES string of the molecule is CCCCCC(=O)Nc1ccc(NC(=O)c2ccccc2Cl)c(OC)c1. The molecule has 26 heavy (non-hydrogen) atoms. The van der Waals surface area contributed by atoms with Crippen molar-refractivity contribution in [2.24, 2.45) is 0 Å². The fourth-order valence-electron chi connectivity index (χ4n) is 2.47. The van der Waals surface area contributed by atoms with Gasteiger partial charge in [-0.25, -0.2) is 0 Å². The zero-order valence-corrected chi connectivity index (χ0v) is 15.7. The van der Waals surface area contributed by atoms with Gasteiger partial charge in [-0.05, 0) is 30.7 Å². The number of unbranched alkanes of at least 4 members (excludes halogenated alkanes) is 2. The predicted molar refractivity (Wildman–Crippen MR) is 105 cm³/mol. The van der Waals surface area contributed by atoms with Gasteiger partial charge in [-0.1, -0.05) is 43.5 Å². The van der Waals surface area contributed by atoms with Crippen LogP contribution in [0.4, 0.5) is 11.4 Å². The van der Waals surface area contributed by atoms with Crippen LogP contribution >= 0.6 is 11.6 Å². The molecule has 2 N–H and O–H groups in total. The minimum absolute atomic E-state index is 0.0339. The van der Waals surface area contributed by atoms with Gasteiger partial charge < -0.3 is 15.4 Å². The standard InChI is InChI=1S/C20H23ClN2O3/c1-3-4-5-10-19(24)22-14-11-12-17(18(13-14)26-2)23-20(25)15-8-6-7-9-16(15)21/h6-9,11-13H,3-5,10H2,1-2H3,(H,22,24)(H,23,25). The molecule has 0 aromatic heterocycles. The van der Waals surface area contributed by atoms with Gasteiger partial charge in [-0.15, -0.1) is 0 Å². The molecule has 0 spiro atoms. The van der Waals surface area contributed by atoms with Crippen LogP contribution in [0, 0.1) is 0 Å². The van der Waals surface area contributed by atoms with Crippen molar-refractivity contribution in [2.75, 3.05) is 17.7 Å². The third-order valence-corrected chi connectivity index (χ3v) is 4.19. The number of methoxy groups -OCH3 is 1. The summed E-state index contributed by atoms with van der Waals surface area (Å²) >= 11 is 6.05. The lowest BCUT2D eigenvalue weighted by Crippen LogP contribution is -2.14. The molecular weight excluding hydrogens is 352 g/mol. The summed E-state index contributed by atoms with van der Waals surface area (Å²) in [4.78, 5) is 24.3. The monoisotopic (exact) mass is 374 g/mol. The molecule has 6 heteroatoms. The number of halogens is 1. The number of hydrogen-bond donors (Lipinski definition) is 2. The molecule has 2 rings (SSSR count). The van der Waals surface area contributed by atoms with E-state index in [0.29, 0.717) is 34.1 Å². The summed E-state index contributed by atoms with van der Waals surface area (Å²) in [5.41, 5.74) is 1.50. The largest absolute Gasteiger partial charge is 0.494 e. The van der Waals surface area contributed by atoms with E-state index in [0.717, 1.165) is 19.3 Å². The normalized spacial score (nSPS) is 10.3. The quantitative estimate of drug-likeness (QED) is 0.630. The summed E-state index contributed by atoms with van der Waals surface area (Å²) in [6, 6.07) is 11.9. The van der Waals surface area contributed by atoms with Crippen LogP contribution in [-0.2, 0) is 4.79 Å². The van der Waals surface area contributed by atoms with Crippen molar-refractivity contribution >= 4 is 34.8 Å². The summed E-state index contributed by atoms with van der Waals surface area (Å²) in [5.74, 6) is 0.0929. The van der Waals surface area contributed by atoms with Crippen molar-refractivity contribution in [3.63, 3.8) is 0 Å². The summed E-state index contributed by atoms with van der Waals surface area (Å²) in [7, 11) is 1.51. The van der Waals surface area contributed by atoms with Gasteiger partial charge in [0.2, 0.25) is 5.91 Å². The Morgan fingerprint density at radius 3 is 2.54 bits per heavy atom. The molecule has 0 unspecified atom stereocenters. The fourth-order valence-corrected chi connectivity index (χ4v) is 2.69. The maximum atomic E-state index is 12.4. The molecular formula is C20H23ClN2O3. The molecule has 0 aliphatic carbocycles. The molecule has 5 nitrogen and oxygen atoms in total. The van der Waals surface area contributed by atoms with E-state index in [4.69, 9.17) is 16.3 Å². The zero-order chi connectivity index (χ0) is 18.9. The topological polar surface area (TPSA) is 67.4 Å². The Labute approximate surface area is 158 Å². The van der Waals surface area contributed by atoms with Gasteiger partial charge >= 0.3 is 0 Å². The van der Waals surface area contributed by atoms with E-state index in [1.54, 1.807) is 42.5 Å². The first kappa shape index (κ1) is 19.8. The molecule has 0 fully saturated rings. The van der Waals surface area contributed by atoms with Gasteiger partial charge in [0.25, 0.3) is 5.91 Å². The van der Waals surface area contributed by atoms with Gasteiger partial charge in [0.05, 0.1) is 23.4 Å². The van der Waals surface area contributed by atoms with Gasteiger partial charge in [0.15, 0.2) is 0 Å². The van der Waals surface area contributed by atoms with Crippen molar-refractivity contribution < 1.29 is 14.3 Å². The van der Waals surface area contributed by atoms with E-state index in [1.807, 2.05) is 0 Å². The average molecular weight is 375 g/mol. The number of rotatable bonds is 8. The molecule has 0 radical (unpaired) electrons. The summed E-state index contributed by atoms with van der Waals surface area (Å²) in [6.45, 7) is 2.10. The number of hydrogen-bond acceptors (Lipinski definition) is 3. The molecule has 0 bridgehead atoms. The number of amides is 2. The Bertz CT molecular complexity index is 777. The molecule has 2 aromatic carbocycles. The van der Waals surface area contributed by atoms with E-state index >= 15 is 0 Å². The van der Waals surface area contributed by atoms with Crippen molar-refractivity contribution in [2.45, 2.75) is 32.6 Å². The smallest absolute Gasteiger partial charge is 0.257 e. The molecule has 0 heterocycles. The molecule has 0 saturated carbocycles. The van der Waals surface area contributed by atoms with Crippen molar-refractivity contribution in [3.8, 4) is 5.75 Å². The molecule has 0 atom stereocenters. The van der Waals surface area contributed by atoms with Crippen LogP contribution in [-0.4, -0.2) is 18.9 Å². The number of carbonyl (C=O) groups is 2. The second-order valence-electron chi connectivity index (χ2n) is 5.85. The molecule has 2 amide bonds. The fraction of sp³-hybridized carbons (Fsp3) is 0.300. The van der Waals surface area contributed by atoms with Crippen LogP contribution in [0.1, 0.15) is 43.0 Å². The van der Waals surface area contributed by atoms with Gasteiger partial charge in [-0.2, -0.15) is 0 Å². The Morgan fingerprint density at radius 2 is 1.85 bits per heavy atom. The average Bonchev–Trinajstić information content (AvgIpc) is 2.63. The lowest BCUT2D eigenvalue weighted by molar-refractivity contribution is -0.116. The highest BCUT2D eigenvalue weighted by atomic mass is 35.5. The molecule has 0 saturated heterocycles. The lowest BCUT2D eigenvalue weighted by atomic mass is 10.2. The molecule has 0 aliphatic rings. The molecule has 2 aromatic rings. The van der Waals surface area contributed by atoms with E-state index in [2.05, 4.69) is 17.6 Å². The lowest BCUT2D eigenvalue weighted by Gasteiger charge is -2.13. The first-order valence-corrected chi connectivity index (χ1v) is 8.96. The van der Waals surface area contributed by atoms with Crippen LogP contribution in [0.2, 0.25) is 5.02 Å².